The number of hydrogen-bond acceptors (Lipinski definition) is 9. The summed E-state index contributed by atoms with van der Waals surface area (Å²) < 4.78 is 90.8. The molecule has 41 heavy (non-hydrogen) atoms. The predicted octanol–water partition coefficient (Wildman–Crippen LogP) is 5.62. The highest BCUT2D eigenvalue weighted by Gasteiger charge is 2.23. The lowest BCUT2D eigenvalue weighted by molar-refractivity contribution is 0.103. The van der Waals surface area contributed by atoms with Crippen LogP contribution >= 0.6 is 0 Å². The van der Waals surface area contributed by atoms with Crippen molar-refractivity contribution in [2.24, 2.45) is 4.36 Å². The van der Waals surface area contributed by atoms with Crippen LogP contribution in [0.4, 0.5) is 11.4 Å². The molecule has 0 atom stereocenters. The number of benzene rings is 3. The van der Waals surface area contributed by atoms with Gasteiger partial charge in [0.15, 0.2) is 5.78 Å². The van der Waals surface area contributed by atoms with Gasteiger partial charge >= 0.3 is 10.5 Å². The number of nitrogens with zero attached hydrogens (tertiary/aromatic N) is 1. The third-order valence-electron chi connectivity index (χ3n) is 5.93. The Labute approximate surface area is 239 Å². The van der Waals surface area contributed by atoms with E-state index in [0.717, 1.165) is 31.2 Å². The minimum atomic E-state index is -4.67. The number of aryl methyl sites for hydroxylation is 1. The van der Waals surface area contributed by atoms with Crippen molar-refractivity contribution in [1.29, 1.82) is 0 Å². The fraction of sp³-hybridized carbons (Fsp3) is 0.222. The van der Waals surface area contributed by atoms with E-state index in [2.05, 4.69) is 9.08 Å². The van der Waals surface area contributed by atoms with Gasteiger partial charge in [0.25, 0.3) is 10.1 Å². The van der Waals surface area contributed by atoms with E-state index in [0.29, 0.717) is 23.2 Å². The molecule has 14 heteroatoms. The number of hydrogen-bond donors (Lipinski definition) is 2. The van der Waals surface area contributed by atoms with Crippen LogP contribution in [0.15, 0.2) is 74.3 Å². The summed E-state index contributed by atoms with van der Waals surface area (Å²) in [6.07, 6.45) is 3.10. The molecule has 0 bridgehead atoms. The maximum atomic E-state index is 13.7. The molecule has 0 unspecified atom stereocenters. The highest BCUT2D eigenvalue weighted by Crippen LogP contribution is 2.34. The zero-order chi connectivity index (χ0) is 29.2. The van der Waals surface area contributed by atoms with E-state index in [-0.39, 0.29) is 41.1 Å². The van der Waals surface area contributed by atoms with E-state index >= 15 is 0 Å². The van der Waals surface area contributed by atoms with Crippen molar-refractivity contribution in [3.05, 3.63) is 77.6 Å². The van der Waals surface area contributed by atoms with Gasteiger partial charge < -0.3 is 4.42 Å². The lowest BCUT2D eigenvalue weighted by Gasteiger charge is -2.09. The van der Waals surface area contributed by atoms with E-state index in [1.807, 2.05) is 6.92 Å². The first-order chi connectivity index (χ1) is 18.8. The molecule has 11 nitrogen and oxygen atoms in total. The molecule has 4 aromatic rings. The lowest BCUT2D eigenvalue weighted by atomic mass is 9.96. The van der Waals surface area contributed by atoms with E-state index in [4.69, 9.17) is 4.42 Å². The van der Waals surface area contributed by atoms with Crippen LogP contribution in [-0.4, -0.2) is 41.8 Å². The summed E-state index contributed by atoms with van der Waals surface area (Å²) in [6, 6.07) is 13.9. The summed E-state index contributed by atoms with van der Waals surface area (Å²) in [5.74, 6) is 0.0597. The Morgan fingerprint density at radius 1 is 1.00 bits per heavy atom. The van der Waals surface area contributed by atoms with Gasteiger partial charge in [-0.15, -0.1) is 4.36 Å². The Morgan fingerprint density at radius 3 is 2.27 bits per heavy atom. The van der Waals surface area contributed by atoms with Crippen molar-refractivity contribution in [3.8, 4) is 11.1 Å². The number of carbonyl (C=O) groups excluding carboxylic acids is 1. The monoisotopic (exact) mass is 620 g/mol. The number of sulfonamides is 1. The molecule has 0 saturated carbocycles. The van der Waals surface area contributed by atoms with Gasteiger partial charge in [0.2, 0.25) is 10.0 Å². The Balaban J connectivity index is 0.00000462. The highest BCUT2D eigenvalue weighted by molar-refractivity contribution is 7.92. The second kappa shape index (κ2) is 12.3. The van der Waals surface area contributed by atoms with Gasteiger partial charge in [-0.25, -0.2) is 8.42 Å². The number of carbonyl (C=O) groups is 1. The largest absolute Gasteiger partial charge is 0.460 e. The number of rotatable bonds is 10. The van der Waals surface area contributed by atoms with Crippen molar-refractivity contribution >= 4 is 58.8 Å². The van der Waals surface area contributed by atoms with Crippen molar-refractivity contribution < 1.29 is 39.0 Å². The summed E-state index contributed by atoms with van der Waals surface area (Å²) >= 11 is 0. The van der Waals surface area contributed by atoms with Crippen LogP contribution in [0.3, 0.4) is 0 Å². The topological polar surface area (TPSA) is 177 Å². The minimum Gasteiger partial charge on any atom is -0.460 e. The molecule has 218 valence electrons. The second-order valence-corrected chi connectivity index (χ2v) is 12.7. The first-order valence-corrected chi connectivity index (χ1v) is 16.2. The van der Waals surface area contributed by atoms with Crippen LogP contribution in [0.2, 0.25) is 0 Å². The molecule has 0 aliphatic carbocycles. The van der Waals surface area contributed by atoms with Crippen molar-refractivity contribution in [1.82, 2.24) is 0 Å². The van der Waals surface area contributed by atoms with Gasteiger partial charge in [0, 0.05) is 28.6 Å². The molecule has 2 N–H and O–H groups in total. The van der Waals surface area contributed by atoms with E-state index in [9.17, 15) is 34.6 Å². The zero-order valence-electron chi connectivity index (χ0n) is 21.3. The fourth-order valence-electron chi connectivity index (χ4n) is 4.25. The summed E-state index contributed by atoms with van der Waals surface area (Å²) in [5, 5.41) is 0.433. The summed E-state index contributed by atoms with van der Waals surface area (Å²) in [7, 11) is -11.0. The first-order valence-electron chi connectivity index (χ1n) is 11.9. The highest BCUT2D eigenvalue weighted by atomic mass is 32.2. The third-order valence-corrected chi connectivity index (χ3v) is 7.81. The number of fused-ring (bicyclic) bond motifs is 1. The van der Waals surface area contributed by atoms with Crippen LogP contribution in [0.25, 0.3) is 22.1 Å². The van der Waals surface area contributed by atoms with Gasteiger partial charge in [-0.1, -0.05) is 45.0 Å². The summed E-state index contributed by atoms with van der Waals surface area (Å²) in [4.78, 5) is 13.3. The Bertz CT molecular complexity index is 1970. The number of ketones is 1. The maximum Gasteiger partial charge on any atom is 0.316 e. The molecule has 0 radical (unpaired) electrons. The SMILES string of the molecule is C.CCCCc1oc2ccc(NS(C)(=O)=O)cc2c1C(=O)c1ccc(-c2cc(N=S(=O)=O)ccc2S(=O)(=O)O)cc1. The van der Waals surface area contributed by atoms with Gasteiger partial charge in [0.05, 0.1) is 17.5 Å². The quantitative estimate of drug-likeness (QED) is 0.168. The van der Waals surface area contributed by atoms with Crippen LogP contribution in [0.1, 0.15) is 48.9 Å². The fourth-order valence-corrected chi connectivity index (χ4v) is 5.78. The van der Waals surface area contributed by atoms with E-state index < -0.39 is 41.3 Å². The molecule has 1 heterocycles. The summed E-state index contributed by atoms with van der Waals surface area (Å²) in [6.45, 7) is 1.99. The smallest absolute Gasteiger partial charge is 0.316 e. The van der Waals surface area contributed by atoms with E-state index in [1.165, 1.54) is 42.5 Å². The van der Waals surface area contributed by atoms with Crippen molar-refractivity contribution in [2.45, 2.75) is 38.5 Å². The van der Waals surface area contributed by atoms with Crippen molar-refractivity contribution in [2.75, 3.05) is 11.0 Å². The van der Waals surface area contributed by atoms with Gasteiger partial charge in [0.1, 0.15) is 16.2 Å². The van der Waals surface area contributed by atoms with Crippen LogP contribution in [-0.2, 0) is 37.1 Å². The zero-order valence-corrected chi connectivity index (χ0v) is 23.7. The number of nitrogens with one attached hydrogen (secondary N) is 1. The van der Waals surface area contributed by atoms with E-state index in [1.54, 1.807) is 6.07 Å². The molecule has 0 aliphatic rings. The van der Waals surface area contributed by atoms with Gasteiger partial charge in [-0.2, -0.15) is 16.8 Å². The standard InChI is InChI=1S/C26H24N2O9S3.CH4/c1-3-4-5-23-25(21-15-19(28-39(2,32)33)10-12-22(21)37-23)26(29)17-8-6-16(7-9-17)20-14-18(27-38(30)31)11-13-24(20)40(34,35)36;/h6-15,28H,3-5H2,1-2H3,(H,34,35,36);1H4. The Morgan fingerprint density at radius 2 is 1.68 bits per heavy atom. The molecule has 1 aromatic heterocycles. The number of unbranched alkanes of at least 4 members (excludes halogenated alkanes) is 1. The molecular weight excluding hydrogens is 593 g/mol. The molecule has 3 aromatic carbocycles. The predicted molar refractivity (Wildman–Crippen MR) is 156 cm³/mol. The molecule has 0 saturated heterocycles. The molecular formula is C27H28N2O9S3. The molecule has 0 aliphatic heterocycles. The van der Waals surface area contributed by atoms with Crippen LogP contribution < -0.4 is 4.72 Å². The van der Waals surface area contributed by atoms with Crippen LogP contribution in [0.5, 0.6) is 0 Å². The first kappa shape index (κ1) is 31.7. The molecule has 4 rings (SSSR count). The Hall–Kier alpha value is -3.85. The molecule has 0 spiro atoms. The Kier molecular flexibility index (Phi) is 9.54. The third kappa shape index (κ3) is 7.47. The van der Waals surface area contributed by atoms with Gasteiger partial charge in [-0.3, -0.25) is 14.1 Å². The summed E-state index contributed by atoms with van der Waals surface area (Å²) in [5.41, 5.74) is 1.41. The van der Waals surface area contributed by atoms with Crippen molar-refractivity contribution in [3.63, 3.8) is 0 Å². The maximum absolute atomic E-state index is 13.7. The average molecular weight is 621 g/mol. The van der Waals surface area contributed by atoms with Crippen LogP contribution in [0, 0.1) is 0 Å². The minimum absolute atomic E-state index is 0. The lowest BCUT2D eigenvalue weighted by Crippen LogP contribution is -2.09. The molecule has 0 fully saturated rings. The van der Waals surface area contributed by atoms with Gasteiger partial charge in [-0.05, 0) is 48.4 Å². The second-order valence-electron chi connectivity index (χ2n) is 8.96. The normalized spacial score (nSPS) is 11.6. The number of anilines is 1. The number of furan rings is 1. The average Bonchev–Trinajstić information content (AvgIpc) is 3.22. The molecule has 0 amide bonds.